The molecule has 31 heavy (non-hydrogen) atoms. The Morgan fingerprint density at radius 3 is 2.48 bits per heavy atom. The molecule has 1 amide bonds. The van der Waals surface area contributed by atoms with E-state index in [0.29, 0.717) is 41.5 Å². The lowest BCUT2D eigenvalue weighted by Crippen LogP contribution is -2.30. The van der Waals surface area contributed by atoms with E-state index in [4.69, 9.17) is 27.9 Å². The Labute approximate surface area is 190 Å². The molecule has 1 unspecified atom stereocenters. The molecule has 6 nitrogen and oxygen atoms in total. The molecule has 1 heterocycles. The summed E-state index contributed by atoms with van der Waals surface area (Å²) in [5.74, 6) is -1.56. The van der Waals surface area contributed by atoms with Gasteiger partial charge in [0.15, 0.2) is 0 Å². The van der Waals surface area contributed by atoms with Crippen LogP contribution in [0.3, 0.4) is 0 Å². The number of nitrogens with zero attached hydrogens (tertiary/aromatic N) is 1. The van der Waals surface area contributed by atoms with Crippen molar-refractivity contribution in [1.29, 1.82) is 0 Å². The van der Waals surface area contributed by atoms with Crippen LogP contribution in [0.25, 0.3) is 5.76 Å². The molecule has 0 aliphatic carbocycles. The van der Waals surface area contributed by atoms with Gasteiger partial charge in [-0.3, -0.25) is 9.59 Å². The third-order valence-corrected chi connectivity index (χ3v) is 5.70. The van der Waals surface area contributed by atoms with E-state index in [2.05, 4.69) is 0 Å². The highest BCUT2D eigenvalue weighted by molar-refractivity contribution is 6.46. The lowest BCUT2D eigenvalue weighted by Gasteiger charge is -2.25. The first-order valence-corrected chi connectivity index (χ1v) is 10.7. The number of aliphatic hydroxyl groups excluding tert-OH is 1. The summed E-state index contributed by atoms with van der Waals surface area (Å²) in [4.78, 5) is 27.2. The number of aromatic hydroxyl groups is 1. The van der Waals surface area contributed by atoms with E-state index in [1.165, 1.54) is 23.1 Å². The number of hydrogen-bond donors (Lipinski definition) is 2. The van der Waals surface area contributed by atoms with E-state index in [0.717, 1.165) is 6.42 Å². The molecule has 0 spiro atoms. The first-order valence-electron chi connectivity index (χ1n) is 9.99. The molecular formula is C23H23Cl2NO5. The van der Waals surface area contributed by atoms with E-state index < -0.39 is 17.7 Å². The Balaban J connectivity index is 2.18. The summed E-state index contributed by atoms with van der Waals surface area (Å²) >= 11 is 12.2. The third kappa shape index (κ3) is 4.50. The molecule has 0 saturated carbocycles. The van der Waals surface area contributed by atoms with Gasteiger partial charge in [-0.1, -0.05) is 42.6 Å². The molecule has 164 valence electrons. The molecule has 2 aromatic carbocycles. The summed E-state index contributed by atoms with van der Waals surface area (Å²) in [6.07, 6.45) is 1.51. The minimum Gasteiger partial charge on any atom is -0.507 e. The zero-order chi connectivity index (χ0) is 22.7. The second-order valence-electron chi connectivity index (χ2n) is 7.14. The number of phenolic OH excluding ortho intramolecular Hbond substituents is 1. The van der Waals surface area contributed by atoms with Gasteiger partial charge in [0, 0.05) is 12.1 Å². The van der Waals surface area contributed by atoms with Gasteiger partial charge >= 0.3 is 0 Å². The van der Waals surface area contributed by atoms with Crippen LogP contribution >= 0.6 is 23.2 Å². The number of likely N-dealkylation sites (tertiary alicyclic amines) is 1. The van der Waals surface area contributed by atoms with E-state index in [-0.39, 0.29) is 22.1 Å². The van der Waals surface area contributed by atoms with Crippen molar-refractivity contribution in [2.24, 2.45) is 0 Å². The largest absolute Gasteiger partial charge is 0.507 e. The van der Waals surface area contributed by atoms with Gasteiger partial charge < -0.3 is 19.8 Å². The average molecular weight is 464 g/mol. The quantitative estimate of drug-likeness (QED) is 0.329. The number of carbonyl (C=O) groups excluding carboxylic acids is 2. The lowest BCUT2D eigenvalue weighted by atomic mass is 9.95. The molecule has 3 rings (SSSR count). The molecule has 0 aromatic heterocycles. The Morgan fingerprint density at radius 1 is 1.10 bits per heavy atom. The van der Waals surface area contributed by atoms with Crippen LogP contribution in [-0.4, -0.2) is 40.0 Å². The second kappa shape index (κ2) is 9.62. The number of ketones is 1. The Bertz CT molecular complexity index is 1050. The van der Waals surface area contributed by atoms with Crippen molar-refractivity contribution in [3.05, 3.63) is 63.1 Å². The molecule has 1 saturated heterocycles. The van der Waals surface area contributed by atoms with Crippen LogP contribution in [0.2, 0.25) is 10.0 Å². The van der Waals surface area contributed by atoms with E-state index >= 15 is 0 Å². The molecule has 2 N–H and O–H groups in total. The smallest absolute Gasteiger partial charge is 0.295 e. The molecular weight excluding hydrogens is 441 g/mol. The highest BCUT2D eigenvalue weighted by atomic mass is 35.5. The van der Waals surface area contributed by atoms with Gasteiger partial charge in [0.2, 0.25) is 0 Å². The zero-order valence-electron chi connectivity index (χ0n) is 17.2. The number of ether oxygens (including phenoxy) is 1. The summed E-state index contributed by atoms with van der Waals surface area (Å²) in [7, 11) is 0. The van der Waals surface area contributed by atoms with Crippen LogP contribution < -0.4 is 4.74 Å². The first kappa shape index (κ1) is 23.0. The highest BCUT2D eigenvalue weighted by Gasteiger charge is 2.45. The van der Waals surface area contributed by atoms with Gasteiger partial charge in [-0.05, 0) is 49.2 Å². The SMILES string of the molecule is CCCCN1C(=O)C(=O)/C(=C(\O)c2ccc(Cl)c(OCC)c2)C1c1ccc(O)c(Cl)c1. The third-order valence-electron chi connectivity index (χ3n) is 5.08. The summed E-state index contributed by atoms with van der Waals surface area (Å²) in [5, 5.41) is 21.3. The monoisotopic (exact) mass is 463 g/mol. The number of aliphatic hydroxyl groups is 1. The van der Waals surface area contributed by atoms with Crippen molar-refractivity contribution in [2.45, 2.75) is 32.7 Å². The van der Waals surface area contributed by atoms with Crippen LogP contribution in [0, 0.1) is 0 Å². The fourth-order valence-corrected chi connectivity index (χ4v) is 3.91. The zero-order valence-corrected chi connectivity index (χ0v) is 18.7. The minimum absolute atomic E-state index is 0.0485. The maximum atomic E-state index is 13.0. The number of carbonyl (C=O) groups is 2. The summed E-state index contributed by atoms with van der Waals surface area (Å²) in [5.41, 5.74) is 0.766. The van der Waals surface area contributed by atoms with Gasteiger partial charge in [0.05, 0.1) is 28.3 Å². The fraction of sp³-hybridized carbons (Fsp3) is 0.304. The van der Waals surface area contributed by atoms with Crippen molar-refractivity contribution < 1.29 is 24.5 Å². The molecule has 2 aromatic rings. The number of Topliss-reactive ketones (excluding diaryl/α,β-unsaturated/α-hetero) is 1. The summed E-state index contributed by atoms with van der Waals surface area (Å²) in [6.45, 7) is 4.49. The van der Waals surface area contributed by atoms with Gasteiger partial charge in [0.25, 0.3) is 11.7 Å². The first-order chi connectivity index (χ1) is 14.8. The predicted octanol–water partition coefficient (Wildman–Crippen LogP) is 5.32. The summed E-state index contributed by atoms with van der Waals surface area (Å²) < 4.78 is 5.48. The summed E-state index contributed by atoms with van der Waals surface area (Å²) in [6, 6.07) is 8.27. The molecule has 1 aliphatic heterocycles. The van der Waals surface area contributed by atoms with Crippen LogP contribution in [0.4, 0.5) is 0 Å². The number of unbranched alkanes of at least 4 members (excludes halogenated alkanes) is 1. The molecule has 1 fully saturated rings. The Kier molecular flexibility index (Phi) is 7.13. The number of amides is 1. The molecule has 0 bridgehead atoms. The highest BCUT2D eigenvalue weighted by Crippen LogP contribution is 2.42. The van der Waals surface area contributed by atoms with Gasteiger partial charge in [-0.2, -0.15) is 0 Å². The number of hydrogen-bond acceptors (Lipinski definition) is 5. The number of benzene rings is 2. The average Bonchev–Trinajstić information content (AvgIpc) is 3.00. The van der Waals surface area contributed by atoms with Crippen molar-refractivity contribution >= 4 is 40.7 Å². The number of halogens is 2. The van der Waals surface area contributed by atoms with Crippen LogP contribution in [0.1, 0.15) is 43.9 Å². The maximum Gasteiger partial charge on any atom is 0.295 e. The predicted molar refractivity (Wildman–Crippen MR) is 120 cm³/mol. The Hall–Kier alpha value is -2.70. The van der Waals surface area contributed by atoms with Crippen LogP contribution in [-0.2, 0) is 9.59 Å². The molecule has 0 radical (unpaired) electrons. The van der Waals surface area contributed by atoms with Gasteiger partial charge in [-0.25, -0.2) is 0 Å². The van der Waals surface area contributed by atoms with Crippen LogP contribution in [0.5, 0.6) is 11.5 Å². The van der Waals surface area contributed by atoms with E-state index in [1.807, 2.05) is 6.92 Å². The van der Waals surface area contributed by atoms with Crippen molar-refractivity contribution in [3.8, 4) is 11.5 Å². The van der Waals surface area contributed by atoms with E-state index in [9.17, 15) is 19.8 Å². The number of phenols is 1. The minimum atomic E-state index is -0.837. The van der Waals surface area contributed by atoms with E-state index in [1.54, 1.807) is 25.1 Å². The van der Waals surface area contributed by atoms with Crippen molar-refractivity contribution in [2.75, 3.05) is 13.2 Å². The normalized spacial score (nSPS) is 17.9. The molecule has 8 heteroatoms. The van der Waals surface area contributed by atoms with Gasteiger partial charge in [0.1, 0.15) is 17.3 Å². The second-order valence-corrected chi connectivity index (χ2v) is 7.95. The Morgan fingerprint density at radius 2 is 1.84 bits per heavy atom. The van der Waals surface area contributed by atoms with Crippen LogP contribution in [0.15, 0.2) is 42.0 Å². The van der Waals surface area contributed by atoms with Gasteiger partial charge in [-0.15, -0.1) is 0 Å². The molecule has 1 atom stereocenters. The standard InChI is InChI=1S/C23H23Cl2NO5/c1-3-5-10-26-20(13-7-9-17(27)16(25)11-13)19(22(29)23(26)30)21(28)14-6-8-15(24)18(12-14)31-4-2/h6-9,11-12,20,27-28H,3-5,10H2,1-2H3/b21-19-. The molecule has 1 aliphatic rings. The van der Waals surface area contributed by atoms with Crippen molar-refractivity contribution in [1.82, 2.24) is 4.90 Å². The topological polar surface area (TPSA) is 87.1 Å². The lowest BCUT2D eigenvalue weighted by molar-refractivity contribution is -0.139. The number of rotatable bonds is 7. The fourth-order valence-electron chi connectivity index (χ4n) is 3.55. The van der Waals surface area contributed by atoms with Crippen molar-refractivity contribution in [3.63, 3.8) is 0 Å². The maximum absolute atomic E-state index is 13.0.